The van der Waals surface area contributed by atoms with Gasteiger partial charge in [0.15, 0.2) is 5.96 Å². The topological polar surface area (TPSA) is 39.7 Å². The van der Waals surface area contributed by atoms with Gasteiger partial charge in [0.25, 0.3) is 0 Å². The smallest absolute Gasteiger partial charge is 0.191 e. The van der Waals surface area contributed by atoms with E-state index >= 15 is 0 Å². The minimum absolute atomic E-state index is 0.471. The third kappa shape index (κ3) is 5.28. The summed E-state index contributed by atoms with van der Waals surface area (Å²) in [6.07, 6.45) is 0. The van der Waals surface area contributed by atoms with Gasteiger partial charge in [-0.2, -0.15) is 11.3 Å². The van der Waals surface area contributed by atoms with Gasteiger partial charge in [0.05, 0.1) is 0 Å². The SMILES string of the molecule is CN=C(NCc1ccc(N(C)C)cc1)NCC(C)c1ccsc1. The summed E-state index contributed by atoms with van der Waals surface area (Å²) in [5.41, 5.74) is 3.82. The maximum Gasteiger partial charge on any atom is 0.191 e. The summed E-state index contributed by atoms with van der Waals surface area (Å²) in [5.74, 6) is 1.31. The summed E-state index contributed by atoms with van der Waals surface area (Å²) >= 11 is 1.74. The van der Waals surface area contributed by atoms with Crippen LogP contribution in [-0.4, -0.2) is 33.6 Å². The van der Waals surface area contributed by atoms with Crippen molar-refractivity contribution in [2.45, 2.75) is 19.4 Å². The van der Waals surface area contributed by atoms with E-state index in [0.717, 1.165) is 19.0 Å². The van der Waals surface area contributed by atoms with E-state index in [2.05, 4.69) is 68.5 Å². The van der Waals surface area contributed by atoms with Gasteiger partial charge < -0.3 is 15.5 Å². The van der Waals surface area contributed by atoms with Crippen molar-refractivity contribution in [3.05, 3.63) is 52.2 Å². The molecule has 0 bridgehead atoms. The van der Waals surface area contributed by atoms with Crippen molar-refractivity contribution in [1.29, 1.82) is 0 Å². The third-order valence-corrected chi connectivity index (χ3v) is 4.53. The molecule has 0 aliphatic rings. The van der Waals surface area contributed by atoms with Crippen molar-refractivity contribution >= 4 is 23.0 Å². The number of guanidine groups is 1. The highest BCUT2D eigenvalue weighted by molar-refractivity contribution is 7.07. The molecule has 0 amide bonds. The molecule has 1 aromatic carbocycles. The average molecular weight is 331 g/mol. The van der Waals surface area contributed by atoms with Crippen LogP contribution in [0.4, 0.5) is 5.69 Å². The molecule has 0 fully saturated rings. The van der Waals surface area contributed by atoms with E-state index in [-0.39, 0.29) is 0 Å². The third-order valence-electron chi connectivity index (χ3n) is 3.82. The number of aliphatic imine (C=N–C) groups is 1. The van der Waals surface area contributed by atoms with E-state index in [1.165, 1.54) is 16.8 Å². The van der Waals surface area contributed by atoms with Gasteiger partial charge in [-0.3, -0.25) is 4.99 Å². The van der Waals surface area contributed by atoms with Crippen molar-refractivity contribution in [3.8, 4) is 0 Å². The van der Waals surface area contributed by atoms with Crippen LogP contribution >= 0.6 is 11.3 Å². The van der Waals surface area contributed by atoms with Gasteiger partial charge in [-0.05, 0) is 46.0 Å². The van der Waals surface area contributed by atoms with Gasteiger partial charge in [-0.1, -0.05) is 19.1 Å². The molecule has 1 unspecified atom stereocenters. The normalized spacial score (nSPS) is 12.8. The molecule has 0 aliphatic heterocycles. The van der Waals surface area contributed by atoms with Gasteiger partial charge in [-0.15, -0.1) is 0 Å². The van der Waals surface area contributed by atoms with Crippen LogP contribution in [0.5, 0.6) is 0 Å². The molecule has 0 aliphatic carbocycles. The molecule has 2 aromatic rings. The number of nitrogens with one attached hydrogen (secondary N) is 2. The fraction of sp³-hybridized carbons (Fsp3) is 0.389. The monoisotopic (exact) mass is 330 g/mol. The standard InChI is InChI=1S/C18H26N4S/c1-14(16-9-10-23-13-16)11-20-18(19-2)21-12-15-5-7-17(8-6-15)22(3)4/h5-10,13-14H,11-12H2,1-4H3,(H2,19,20,21). The Morgan fingerprint density at radius 2 is 1.91 bits per heavy atom. The Balaban J connectivity index is 1.80. The molecular formula is C18H26N4S. The van der Waals surface area contributed by atoms with Gasteiger partial charge in [0.1, 0.15) is 0 Å². The highest BCUT2D eigenvalue weighted by Crippen LogP contribution is 2.17. The van der Waals surface area contributed by atoms with Crippen LogP contribution in [0.3, 0.4) is 0 Å². The Labute approximate surface area is 143 Å². The fourth-order valence-electron chi connectivity index (χ4n) is 2.24. The van der Waals surface area contributed by atoms with Crippen LogP contribution < -0.4 is 15.5 Å². The molecular weight excluding hydrogens is 304 g/mol. The second-order valence-corrected chi connectivity index (χ2v) is 6.61. The molecule has 0 saturated carbocycles. The molecule has 23 heavy (non-hydrogen) atoms. The lowest BCUT2D eigenvalue weighted by molar-refractivity contribution is 0.701. The van der Waals surface area contributed by atoms with Crippen molar-refractivity contribution in [2.24, 2.45) is 4.99 Å². The zero-order valence-corrected chi connectivity index (χ0v) is 15.2. The lowest BCUT2D eigenvalue weighted by Crippen LogP contribution is -2.38. The van der Waals surface area contributed by atoms with Crippen LogP contribution in [0.1, 0.15) is 24.0 Å². The molecule has 2 rings (SSSR count). The zero-order valence-electron chi connectivity index (χ0n) is 14.3. The molecule has 2 N–H and O–H groups in total. The highest BCUT2D eigenvalue weighted by Gasteiger charge is 2.07. The number of anilines is 1. The Morgan fingerprint density at radius 1 is 1.17 bits per heavy atom. The van der Waals surface area contributed by atoms with Crippen LogP contribution in [0.2, 0.25) is 0 Å². The molecule has 0 radical (unpaired) electrons. The van der Waals surface area contributed by atoms with E-state index in [0.29, 0.717) is 5.92 Å². The quantitative estimate of drug-likeness (QED) is 0.631. The van der Waals surface area contributed by atoms with E-state index < -0.39 is 0 Å². The Kier molecular flexibility index (Phi) is 6.47. The second kappa shape index (κ2) is 8.58. The lowest BCUT2D eigenvalue weighted by Gasteiger charge is -2.16. The summed E-state index contributed by atoms with van der Waals surface area (Å²) in [5, 5.41) is 11.1. The van der Waals surface area contributed by atoms with Gasteiger partial charge in [0.2, 0.25) is 0 Å². The zero-order chi connectivity index (χ0) is 16.7. The van der Waals surface area contributed by atoms with E-state index in [4.69, 9.17) is 0 Å². The Hall–Kier alpha value is -2.01. The maximum absolute atomic E-state index is 4.29. The summed E-state index contributed by atoms with van der Waals surface area (Å²) in [4.78, 5) is 6.39. The lowest BCUT2D eigenvalue weighted by atomic mass is 10.1. The first-order valence-corrected chi connectivity index (χ1v) is 8.77. The summed E-state index contributed by atoms with van der Waals surface area (Å²) in [6, 6.07) is 10.7. The first kappa shape index (κ1) is 17.3. The maximum atomic E-state index is 4.29. The average Bonchev–Trinajstić information content (AvgIpc) is 3.09. The fourth-order valence-corrected chi connectivity index (χ4v) is 3.02. The predicted molar refractivity (Wildman–Crippen MR) is 102 cm³/mol. The number of thiophene rings is 1. The molecule has 1 atom stereocenters. The predicted octanol–water partition coefficient (Wildman–Crippen LogP) is 3.28. The van der Waals surface area contributed by atoms with E-state index in [1.54, 1.807) is 18.4 Å². The molecule has 1 heterocycles. The van der Waals surface area contributed by atoms with Crippen LogP contribution in [0.15, 0.2) is 46.1 Å². The van der Waals surface area contributed by atoms with Crippen molar-refractivity contribution in [3.63, 3.8) is 0 Å². The van der Waals surface area contributed by atoms with Gasteiger partial charge in [-0.25, -0.2) is 0 Å². The molecule has 1 aromatic heterocycles. The highest BCUT2D eigenvalue weighted by atomic mass is 32.1. The molecule has 5 heteroatoms. The number of hydrogen-bond donors (Lipinski definition) is 2. The molecule has 0 saturated heterocycles. The van der Waals surface area contributed by atoms with Gasteiger partial charge in [0, 0.05) is 39.9 Å². The minimum atomic E-state index is 0.471. The summed E-state index contributed by atoms with van der Waals surface area (Å²) < 4.78 is 0. The van der Waals surface area contributed by atoms with Crippen molar-refractivity contribution in [1.82, 2.24) is 10.6 Å². The number of hydrogen-bond acceptors (Lipinski definition) is 3. The Bertz CT molecular complexity index is 602. The first-order valence-electron chi connectivity index (χ1n) is 7.83. The van der Waals surface area contributed by atoms with Gasteiger partial charge >= 0.3 is 0 Å². The van der Waals surface area contributed by atoms with Crippen LogP contribution in [-0.2, 0) is 6.54 Å². The number of rotatable bonds is 6. The van der Waals surface area contributed by atoms with Crippen LogP contribution in [0.25, 0.3) is 0 Å². The molecule has 4 nitrogen and oxygen atoms in total. The summed E-state index contributed by atoms with van der Waals surface area (Å²) in [6.45, 7) is 3.86. The van der Waals surface area contributed by atoms with E-state index in [1.807, 2.05) is 14.1 Å². The van der Waals surface area contributed by atoms with Crippen molar-refractivity contribution in [2.75, 3.05) is 32.6 Å². The van der Waals surface area contributed by atoms with E-state index in [9.17, 15) is 0 Å². The number of benzene rings is 1. The minimum Gasteiger partial charge on any atom is -0.378 e. The summed E-state index contributed by atoms with van der Waals surface area (Å²) in [7, 11) is 5.90. The largest absolute Gasteiger partial charge is 0.378 e. The second-order valence-electron chi connectivity index (χ2n) is 5.83. The Morgan fingerprint density at radius 3 is 2.48 bits per heavy atom. The molecule has 0 spiro atoms. The van der Waals surface area contributed by atoms with Crippen LogP contribution in [0, 0.1) is 0 Å². The van der Waals surface area contributed by atoms with Crippen molar-refractivity contribution < 1.29 is 0 Å². The first-order chi connectivity index (χ1) is 11.1. The molecule has 124 valence electrons. The number of nitrogens with zero attached hydrogens (tertiary/aromatic N) is 2.